The van der Waals surface area contributed by atoms with E-state index in [1.54, 1.807) is 13.1 Å². The molecule has 0 bridgehead atoms. The molecule has 12 heteroatoms. The summed E-state index contributed by atoms with van der Waals surface area (Å²) in [6.07, 6.45) is 4.17. The highest BCUT2D eigenvalue weighted by molar-refractivity contribution is 7.88. The van der Waals surface area contributed by atoms with E-state index in [1.165, 1.54) is 16.6 Å². The van der Waals surface area contributed by atoms with Crippen LogP contribution in [0.4, 0.5) is 10.2 Å². The second-order valence-corrected chi connectivity index (χ2v) is 13.3. The normalized spacial score (nSPS) is 15.9. The lowest BCUT2D eigenvalue weighted by Crippen LogP contribution is -2.48. The van der Waals surface area contributed by atoms with Gasteiger partial charge in [0.1, 0.15) is 11.5 Å². The van der Waals surface area contributed by atoms with Gasteiger partial charge in [-0.15, -0.1) is 0 Å². The van der Waals surface area contributed by atoms with E-state index in [9.17, 15) is 18.3 Å². The number of pyridine rings is 2. The molecule has 0 unspecified atom stereocenters. The summed E-state index contributed by atoms with van der Waals surface area (Å²) in [5.41, 5.74) is 6.50. The number of benzene rings is 1. The van der Waals surface area contributed by atoms with Crippen LogP contribution in [0, 0.1) is 19.7 Å². The summed E-state index contributed by atoms with van der Waals surface area (Å²) < 4.78 is 48.5. The van der Waals surface area contributed by atoms with Crippen LogP contribution in [-0.4, -0.2) is 77.4 Å². The first-order valence-corrected chi connectivity index (χ1v) is 16.1. The van der Waals surface area contributed by atoms with Gasteiger partial charge in [0.2, 0.25) is 10.0 Å². The lowest BCUT2D eigenvalue weighted by molar-refractivity contribution is -0.136. The number of carboxylic acid groups (broad SMARTS) is 1. The van der Waals surface area contributed by atoms with Gasteiger partial charge in [0.25, 0.3) is 0 Å². The number of anilines is 1. The molecule has 6 rings (SSSR count). The molecular weight excluding hydrogens is 573 g/mol. The van der Waals surface area contributed by atoms with Gasteiger partial charge in [-0.05, 0) is 73.2 Å². The number of aryl methyl sites for hydroxylation is 2. The molecule has 2 aliphatic heterocycles. The third-order valence-corrected chi connectivity index (χ3v) is 9.89. The number of carbonyl (C=O) groups is 1. The van der Waals surface area contributed by atoms with E-state index < -0.39 is 21.8 Å². The van der Waals surface area contributed by atoms with Crippen molar-refractivity contribution in [2.75, 3.05) is 43.9 Å². The molecule has 10 nitrogen and oxygen atoms in total. The van der Waals surface area contributed by atoms with E-state index in [-0.39, 0.29) is 12.2 Å². The highest BCUT2D eigenvalue weighted by Crippen LogP contribution is 2.43. The Bertz CT molecular complexity index is 1880. The number of hydrogen-bond acceptors (Lipinski definition) is 7. The van der Waals surface area contributed by atoms with Gasteiger partial charge in [-0.2, -0.15) is 4.31 Å². The molecule has 4 aromatic rings. The van der Waals surface area contributed by atoms with Gasteiger partial charge in [-0.25, -0.2) is 22.8 Å². The topological polar surface area (TPSA) is 118 Å². The number of sulfonamides is 1. The number of hydrogen-bond donors (Lipinski definition) is 1. The summed E-state index contributed by atoms with van der Waals surface area (Å²) in [4.78, 5) is 23.5. The Morgan fingerprint density at radius 3 is 2.58 bits per heavy atom. The SMILES string of the molecule is Cc1nc2c(cc(-c3ccnc(N4CCN(S(C)(=O)=O)CC4)c3)n2C)c(-c2cc(F)c3c(c2C)CCCO3)c1CC(=O)O. The summed E-state index contributed by atoms with van der Waals surface area (Å²) in [6, 6.07) is 7.31. The van der Waals surface area contributed by atoms with Crippen molar-refractivity contribution in [2.45, 2.75) is 33.1 Å². The first-order valence-electron chi connectivity index (χ1n) is 14.3. The van der Waals surface area contributed by atoms with Crippen molar-refractivity contribution in [3.05, 3.63) is 58.7 Å². The number of aromatic nitrogens is 3. The minimum atomic E-state index is -3.25. The molecule has 2 aliphatic rings. The van der Waals surface area contributed by atoms with Crippen LogP contribution < -0.4 is 9.64 Å². The third-order valence-electron chi connectivity index (χ3n) is 8.59. The molecule has 1 fully saturated rings. The van der Waals surface area contributed by atoms with E-state index in [4.69, 9.17) is 9.72 Å². The lowest BCUT2D eigenvalue weighted by Gasteiger charge is -2.34. The molecule has 0 aliphatic carbocycles. The lowest BCUT2D eigenvalue weighted by atomic mass is 9.87. The van der Waals surface area contributed by atoms with Crippen molar-refractivity contribution in [1.29, 1.82) is 0 Å². The molecule has 43 heavy (non-hydrogen) atoms. The van der Waals surface area contributed by atoms with Crippen molar-refractivity contribution >= 4 is 32.8 Å². The van der Waals surface area contributed by atoms with Crippen LogP contribution in [0.1, 0.15) is 28.8 Å². The smallest absolute Gasteiger partial charge is 0.307 e. The van der Waals surface area contributed by atoms with E-state index in [0.717, 1.165) is 40.0 Å². The Kier molecular flexibility index (Phi) is 7.37. The summed E-state index contributed by atoms with van der Waals surface area (Å²) >= 11 is 0. The maximum atomic E-state index is 15.4. The molecule has 5 heterocycles. The Balaban J connectivity index is 1.49. The van der Waals surface area contributed by atoms with E-state index in [2.05, 4.69) is 9.88 Å². The number of carboxylic acids is 1. The van der Waals surface area contributed by atoms with Gasteiger partial charge in [0.15, 0.2) is 11.6 Å². The number of halogens is 1. The van der Waals surface area contributed by atoms with Gasteiger partial charge < -0.3 is 19.3 Å². The minimum Gasteiger partial charge on any atom is -0.490 e. The fraction of sp³-hybridized carbons (Fsp3) is 0.387. The molecule has 0 amide bonds. The van der Waals surface area contributed by atoms with Crippen LogP contribution in [0.15, 0.2) is 30.5 Å². The fourth-order valence-corrected chi connectivity index (χ4v) is 7.18. The van der Waals surface area contributed by atoms with Crippen LogP contribution >= 0.6 is 0 Å². The largest absolute Gasteiger partial charge is 0.490 e. The Morgan fingerprint density at radius 1 is 1.14 bits per heavy atom. The van der Waals surface area contributed by atoms with Crippen LogP contribution in [0.5, 0.6) is 5.75 Å². The number of nitrogens with zero attached hydrogens (tertiary/aromatic N) is 5. The van der Waals surface area contributed by atoms with E-state index >= 15 is 4.39 Å². The third kappa shape index (κ3) is 5.22. The summed E-state index contributed by atoms with van der Waals surface area (Å²) in [6.45, 7) is 6.02. The quantitative estimate of drug-likeness (QED) is 0.348. The molecule has 0 saturated carbocycles. The molecule has 1 aromatic carbocycles. The molecule has 226 valence electrons. The first-order chi connectivity index (χ1) is 20.4. The number of piperazine rings is 1. The van der Waals surface area contributed by atoms with Gasteiger partial charge >= 0.3 is 5.97 Å². The predicted octanol–water partition coefficient (Wildman–Crippen LogP) is 4.09. The molecule has 3 aromatic heterocycles. The van der Waals surface area contributed by atoms with Crippen LogP contribution in [0.2, 0.25) is 0 Å². The molecule has 0 radical (unpaired) electrons. The second kappa shape index (κ2) is 10.9. The second-order valence-electron chi connectivity index (χ2n) is 11.3. The van der Waals surface area contributed by atoms with Crippen molar-refractivity contribution < 1.29 is 27.4 Å². The van der Waals surface area contributed by atoms with Crippen LogP contribution in [-0.2, 0) is 34.7 Å². The van der Waals surface area contributed by atoms with Gasteiger partial charge in [-0.1, -0.05) is 0 Å². The highest BCUT2D eigenvalue weighted by Gasteiger charge is 2.27. The Hall–Kier alpha value is -4.03. The van der Waals surface area contributed by atoms with Crippen LogP contribution in [0.25, 0.3) is 33.4 Å². The predicted molar refractivity (Wildman–Crippen MR) is 163 cm³/mol. The summed E-state index contributed by atoms with van der Waals surface area (Å²) in [7, 11) is -1.34. The van der Waals surface area contributed by atoms with Crippen molar-refractivity contribution in [1.82, 2.24) is 18.8 Å². The van der Waals surface area contributed by atoms with Crippen molar-refractivity contribution in [2.24, 2.45) is 7.05 Å². The molecular formula is C31H34FN5O5S. The number of aliphatic carboxylic acids is 1. The van der Waals surface area contributed by atoms with E-state index in [1.807, 2.05) is 36.7 Å². The molecule has 0 spiro atoms. The van der Waals surface area contributed by atoms with Crippen molar-refractivity contribution in [3.8, 4) is 28.1 Å². The van der Waals surface area contributed by atoms with Gasteiger partial charge in [0.05, 0.1) is 25.0 Å². The zero-order valence-corrected chi connectivity index (χ0v) is 25.5. The molecule has 1 N–H and O–H groups in total. The average molecular weight is 608 g/mol. The summed E-state index contributed by atoms with van der Waals surface area (Å²) in [5, 5.41) is 10.6. The molecule has 1 saturated heterocycles. The monoisotopic (exact) mass is 607 g/mol. The minimum absolute atomic E-state index is 0.248. The maximum absolute atomic E-state index is 15.4. The average Bonchev–Trinajstić information content (AvgIpc) is 3.30. The molecule has 0 atom stereocenters. The Labute approximate surface area is 249 Å². The number of fused-ring (bicyclic) bond motifs is 2. The van der Waals surface area contributed by atoms with E-state index in [0.29, 0.717) is 67.2 Å². The first kappa shape index (κ1) is 29.1. The summed E-state index contributed by atoms with van der Waals surface area (Å²) in [5.74, 6) is -0.426. The standard InChI is InChI=1S/C31H34FN5O5S/c1-18-21-6-5-13-42-30(21)25(32)15-22(18)29-23(17-28(38)39)19(2)34-31-24(29)16-26(35(31)3)20-7-8-33-27(14-20)36-9-11-37(12-10-36)43(4,40)41/h7-8,14-16H,5-6,9-13,17H2,1-4H3,(H,38,39). The highest BCUT2D eigenvalue weighted by atomic mass is 32.2. The maximum Gasteiger partial charge on any atom is 0.307 e. The fourth-order valence-electron chi connectivity index (χ4n) is 6.35. The zero-order chi connectivity index (χ0) is 30.6. The Morgan fingerprint density at radius 2 is 1.88 bits per heavy atom. The number of rotatable bonds is 6. The van der Waals surface area contributed by atoms with Crippen molar-refractivity contribution in [3.63, 3.8) is 0 Å². The zero-order valence-electron chi connectivity index (χ0n) is 24.6. The van der Waals surface area contributed by atoms with Gasteiger partial charge in [-0.3, -0.25) is 4.79 Å². The van der Waals surface area contributed by atoms with Gasteiger partial charge in [0, 0.05) is 61.6 Å². The van der Waals surface area contributed by atoms with Crippen LogP contribution in [0.3, 0.4) is 0 Å². The number of ether oxygens (including phenoxy) is 1.